The minimum Gasteiger partial charge on any atom is -0.497 e. The summed E-state index contributed by atoms with van der Waals surface area (Å²) in [4.78, 5) is 15.7. The van der Waals surface area contributed by atoms with Crippen molar-refractivity contribution in [2.75, 3.05) is 27.3 Å². The zero-order chi connectivity index (χ0) is 20.1. The lowest BCUT2D eigenvalue weighted by molar-refractivity contribution is -0.191. The van der Waals surface area contributed by atoms with Crippen LogP contribution in [0.5, 0.6) is 5.75 Å². The monoisotopic (exact) mass is 398 g/mol. The Morgan fingerprint density at radius 2 is 2.21 bits per heavy atom. The molecule has 1 aromatic carbocycles. The van der Waals surface area contributed by atoms with E-state index >= 15 is 0 Å². The number of aromatic nitrogens is 1. The van der Waals surface area contributed by atoms with Gasteiger partial charge in [0.2, 0.25) is 5.72 Å². The molecule has 5 heterocycles. The third-order valence-electron chi connectivity index (χ3n) is 7.89. The lowest BCUT2D eigenvalue weighted by atomic mass is 9.62. The summed E-state index contributed by atoms with van der Waals surface area (Å²) >= 11 is 0. The highest BCUT2D eigenvalue weighted by Crippen LogP contribution is 2.67. The molecule has 154 valence electrons. The maximum atomic E-state index is 13.3. The van der Waals surface area contributed by atoms with Crippen molar-refractivity contribution in [3.8, 4) is 5.75 Å². The normalized spacial score (nSPS) is 37.0. The van der Waals surface area contributed by atoms with E-state index in [2.05, 4.69) is 22.5 Å². The summed E-state index contributed by atoms with van der Waals surface area (Å²) in [6.45, 7) is 3.62. The Hall–Kier alpha value is -2.09. The van der Waals surface area contributed by atoms with Crippen LogP contribution in [0.4, 0.5) is 0 Å². The van der Waals surface area contributed by atoms with E-state index in [0.717, 1.165) is 41.7 Å². The van der Waals surface area contributed by atoms with Gasteiger partial charge in [0, 0.05) is 42.1 Å². The smallest absolute Gasteiger partial charge is 0.360 e. The van der Waals surface area contributed by atoms with Gasteiger partial charge < -0.3 is 23.9 Å². The number of methoxy groups -OCH3 is 2. The van der Waals surface area contributed by atoms with Gasteiger partial charge >= 0.3 is 5.97 Å². The van der Waals surface area contributed by atoms with Crippen LogP contribution in [0.2, 0.25) is 0 Å². The molecule has 2 aromatic rings. The van der Waals surface area contributed by atoms with Crippen molar-refractivity contribution >= 4 is 16.9 Å². The van der Waals surface area contributed by atoms with Crippen LogP contribution in [-0.4, -0.2) is 60.1 Å². The number of aliphatic hydroxyl groups excluding tert-OH is 1. The molecule has 0 radical (unpaired) electrons. The van der Waals surface area contributed by atoms with Gasteiger partial charge in [-0.25, -0.2) is 4.79 Å². The number of rotatable bonds is 3. The summed E-state index contributed by atoms with van der Waals surface area (Å²) in [6.07, 6.45) is 1.22. The number of aliphatic hydroxyl groups is 1. The molecule has 4 aliphatic heterocycles. The van der Waals surface area contributed by atoms with Crippen LogP contribution in [0.15, 0.2) is 18.2 Å². The lowest BCUT2D eigenvalue weighted by Crippen LogP contribution is -2.61. The SMILES string of the molecule is CC[C@]12C[C@]3(C(=O)OC)O[C@H]1[C@H](O)CN1CCc4c(n3c3cc(OC)ccc43)[C@H]12. The van der Waals surface area contributed by atoms with Crippen LogP contribution in [0.1, 0.15) is 37.1 Å². The van der Waals surface area contributed by atoms with Crippen LogP contribution in [0.3, 0.4) is 0 Å². The van der Waals surface area contributed by atoms with Crippen molar-refractivity contribution in [3.63, 3.8) is 0 Å². The number of hydrogen-bond donors (Lipinski definition) is 1. The average Bonchev–Trinajstić information content (AvgIpc) is 3.25. The highest BCUT2D eigenvalue weighted by molar-refractivity contribution is 5.91. The van der Waals surface area contributed by atoms with Gasteiger partial charge in [0.05, 0.1) is 38.0 Å². The Kier molecular flexibility index (Phi) is 3.38. The van der Waals surface area contributed by atoms with Crippen molar-refractivity contribution in [2.45, 2.75) is 50.2 Å². The van der Waals surface area contributed by atoms with Crippen molar-refractivity contribution in [2.24, 2.45) is 5.41 Å². The fourth-order valence-corrected chi connectivity index (χ4v) is 6.80. The highest BCUT2D eigenvalue weighted by Gasteiger charge is 2.72. The van der Waals surface area contributed by atoms with Crippen molar-refractivity contribution in [1.29, 1.82) is 0 Å². The van der Waals surface area contributed by atoms with E-state index < -0.39 is 17.8 Å². The molecule has 2 saturated heterocycles. The second-order valence-corrected chi connectivity index (χ2v) is 8.88. The predicted octanol–water partition coefficient (Wildman–Crippen LogP) is 1.95. The van der Waals surface area contributed by atoms with Gasteiger partial charge in [-0.1, -0.05) is 6.92 Å². The number of hydrogen-bond acceptors (Lipinski definition) is 6. The second-order valence-electron chi connectivity index (χ2n) is 8.88. The summed E-state index contributed by atoms with van der Waals surface area (Å²) in [6, 6.07) is 6.19. The molecule has 6 rings (SSSR count). The molecule has 0 spiro atoms. The number of piperidine rings is 1. The van der Waals surface area contributed by atoms with Gasteiger partial charge in [-0.2, -0.15) is 0 Å². The fraction of sp³-hybridized carbons (Fsp3) is 0.591. The maximum absolute atomic E-state index is 13.3. The maximum Gasteiger partial charge on any atom is 0.360 e. The Morgan fingerprint density at radius 1 is 1.38 bits per heavy atom. The summed E-state index contributed by atoms with van der Waals surface area (Å²) in [7, 11) is 3.06. The molecule has 1 N–H and O–H groups in total. The van der Waals surface area contributed by atoms with Gasteiger partial charge in [0.15, 0.2) is 0 Å². The highest BCUT2D eigenvalue weighted by atomic mass is 16.6. The average molecular weight is 398 g/mol. The molecule has 0 saturated carbocycles. The summed E-state index contributed by atoms with van der Waals surface area (Å²) in [5.41, 5.74) is 1.82. The minimum atomic E-state index is -1.25. The number of benzene rings is 1. The molecule has 0 amide bonds. The van der Waals surface area contributed by atoms with Crippen molar-refractivity contribution in [3.05, 3.63) is 29.5 Å². The molecule has 0 unspecified atom stereocenters. The molecule has 7 heteroatoms. The van der Waals surface area contributed by atoms with E-state index in [1.54, 1.807) is 7.11 Å². The standard InChI is InChI=1S/C22H26N2O5/c1-4-21-11-22(20(26)28-3)24-15-9-12(27-2)5-6-13(15)14-7-8-23(18(21)17(14)24)10-16(25)19(21)29-22/h5-6,9,16,18-19,25H,4,7-8,10-11H2,1-3H3/t16-,18+,19+,21-,22-/m1/s1. The van der Waals surface area contributed by atoms with Crippen LogP contribution in [0, 0.1) is 5.41 Å². The number of ether oxygens (including phenoxy) is 3. The van der Waals surface area contributed by atoms with Gasteiger partial charge in [-0.15, -0.1) is 0 Å². The lowest BCUT2D eigenvalue weighted by Gasteiger charge is -2.55. The zero-order valence-electron chi connectivity index (χ0n) is 17.0. The molecule has 29 heavy (non-hydrogen) atoms. The van der Waals surface area contributed by atoms with Crippen LogP contribution in [0.25, 0.3) is 10.9 Å². The molecule has 5 atom stereocenters. The van der Waals surface area contributed by atoms with Gasteiger partial charge in [0.25, 0.3) is 0 Å². The topological polar surface area (TPSA) is 73.2 Å². The third-order valence-corrected chi connectivity index (χ3v) is 7.89. The number of nitrogens with zero attached hydrogens (tertiary/aromatic N) is 2. The molecular weight excluding hydrogens is 372 g/mol. The van der Waals surface area contributed by atoms with Gasteiger partial charge in [0.1, 0.15) is 5.75 Å². The second kappa shape index (κ2) is 5.53. The van der Waals surface area contributed by atoms with Crippen molar-refractivity contribution in [1.82, 2.24) is 9.47 Å². The minimum absolute atomic E-state index is 0.128. The summed E-state index contributed by atoms with van der Waals surface area (Å²) < 4.78 is 19.4. The van der Waals surface area contributed by atoms with E-state index in [1.807, 2.05) is 12.1 Å². The van der Waals surface area contributed by atoms with E-state index in [4.69, 9.17) is 14.2 Å². The molecule has 2 bridgehead atoms. The first-order chi connectivity index (χ1) is 14.0. The Morgan fingerprint density at radius 3 is 2.93 bits per heavy atom. The number of carbonyl (C=O) groups excluding carboxylic acids is 1. The van der Waals surface area contributed by atoms with E-state index in [-0.39, 0.29) is 17.6 Å². The Bertz CT molecular complexity index is 1050. The van der Waals surface area contributed by atoms with Crippen LogP contribution >= 0.6 is 0 Å². The molecule has 2 fully saturated rings. The Labute approximate surface area is 169 Å². The van der Waals surface area contributed by atoms with Gasteiger partial charge in [-0.05, 0) is 30.5 Å². The molecule has 1 aromatic heterocycles. The first-order valence-electron chi connectivity index (χ1n) is 10.4. The van der Waals surface area contributed by atoms with Crippen LogP contribution in [-0.2, 0) is 26.4 Å². The van der Waals surface area contributed by atoms with E-state index in [0.29, 0.717) is 13.0 Å². The third kappa shape index (κ3) is 1.83. The van der Waals surface area contributed by atoms with E-state index in [1.165, 1.54) is 12.7 Å². The summed E-state index contributed by atoms with van der Waals surface area (Å²) in [5.74, 6) is 0.346. The van der Waals surface area contributed by atoms with E-state index in [9.17, 15) is 9.90 Å². The predicted molar refractivity (Wildman–Crippen MR) is 105 cm³/mol. The quantitative estimate of drug-likeness (QED) is 0.797. The first-order valence-corrected chi connectivity index (χ1v) is 10.4. The largest absolute Gasteiger partial charge is 0.497 e. The molecular formula is C22H26N2O5. The van der Waals surface area contributed by atoms with Crippen molar-refractivity contribution < 1.29 is 24.1 Å². The summed E-state index contributed by atoms with van der Waals surface area (Å²) in [5, 5.41) is 12.1. The molecule has 7 nitrogen and oxygen atoms in total. The Balaban J connectivity index is 1.75. The first kappa shape index (κ1) is 17.7. The molecule has 0 aliphatic carbocycles. The molecule has 4 aliphatic rings. The number of carbonyl (C=O) groups is 1. The number of esters is 1. The van der Waals surface area contributed by atoms with Crippen LogP contribution < -0.4 is 4.74 Å². The fourth-order valence-electron chi connectivity index (χ4n) is 6.80. The number of fused-ring (bicyclic) bond motifs is 5. The van der Waals surface area contributed by atoms with Gasteiger partial charge in [-0.3, -0.25) is 4.90 Å². The zero-order valence-corrected chi connectivity index (χ0v) is 17.0.